The summed E-state index contributed by atoms with van der Waals surface area (Å²) in [6, 6.07) is 2.14. The van der Waals surface area contributed by atoms with Gasteiger partial charge in [-0.2, -0.15) is 0 Å². The summed E-state index contributed by atoms with van der Waals surface area (Å²) in [5.74, 6) is 0.762. The smallest absolute Gasteiger partial charge is 0.284 e. The molecular formula is C16H16N4O5. The van der Waals surface area contributed by atoms with Gasteiger partial charge in [0, 0.05) is 31.3 Å². The van der Waals surface area contributed by atoms with Crippen molar-refractivity contribution in [2.45, 2.75) is 32.2 Å². The van der Waals surface area contributed by atoms with Crippen molar-refractivity contribution in [1.29, 1.82) is 0 Å². The van der Waals surface area contributed by atoms with E-state index in [1.165, 1.54) is 6.07 Å². The zero-order valence-corrected chi connectivity index (χ0v) is 13.4. The summed E-state index contributed by atoms with van der Waals surface area (Å²) in [4.78, 5) is 36.5. The Bertz CT molecular complexity index is 981. The number of non-ortho nitro benzene ring substituents is 2. The molecule has 0 N–H and O–H groups in total. The van der Waals surface area contributed by atoms with Crippen molar-refractivity contribution in [1.82, 2.24) is 4.57 Å². The van der Waals surface area contributed by atoms with Crippen LogP contribution in [0.5, 0.6) is 0 Å². The van der Waals surface area contributed by atoms with Gasteiger partial charge >= 0.3 is 0 Å². The number of aryl methyl sites for hydroxylation is 1. The van der Waals surface area contributed by atoms with Gasteiger partial charge in [-0.05, 0) is 25.7 Å². The van der Waals surface area contributed by atoms with E-state index in [1.54, 1.807) is 4.57 Å². The van der Waals surface area contributed by atoms with Gasteiger partial charge in [0.15, 0.2) is 0 Å². The lowest BCUT2D eigenvalue weighted by Crippen LogP contribution is -2.38. The van der Waals surface area contributed by atoms with Crippen LogP contribution in [0.15, 0.2) is 16.9 Å². The standard InChI is InChI=1S/C16H16N4O5/c21-16-12-8-10(19(22)23)9-13(20(24)25)14(12)11-4-1-2-5-17-6-3-7-18(16)15(11)17/h8-9H,1-7H2. The highest BCUT2D eigenvalue weighted by atomic mass is 16.6. The maximum absolute atomic E-state index is 13.0. The first-order chi connectivity index (χ1) is 12.0. The van der Waals surface area contributed by atoms with Crippen LogP contribution in [0.1, 0.15) is 24.8 Å². The Morgan fingerprint density at radius 3 is 2.44 bits per heavy atom. The third kappa shape index (κ3) is 2.26. The first kappa shape index (κ1) is 15.6. The van der Waals surface area contributed by atoms with E-state index in [-0.39, 0.29) is 22.0 Å². The quantitative estimate of drug-likeness (QED) is 0.611. The summed E-state index contributed by atoms with van der Waals surface area (Å²) < 4.78 is 1.64. The molecule has 0 saturated heterocycles. The Kier molecular flexibility index (Phi) is 3.45. The van der Waals surface area contributed by atoms with Gasteiger partial charge < -0.3 is 4.90 Å². The Morgan fingerprint density at radius 2 is 1.72 bits per heavy atom. The van der Waals surface area contributed by atoms with Crippen LogP contribution in [0.4, 0.5) is 17.2 Å². The molecule has 0 spiro atoms. The van der Waals surface area contributed by atoms with Crippen molar-refractivity contribution in [3.05, 3.63) is 48.3 Å². The predicted molar refractivity (Wildman–Crippen MR) is 91.3 cm³/mol. The molecule has 25 heavy (non-hydrogen) atoms. The predicted octanol–water partition coefficient (Wildman–Crippen LogP) is 2.36. The normalized spacial score (nSPS) is 16.4. The summed E-state index contributed by atoms with van der Waals surface area (Å²) in [6.07, 6.45) is 3.26. The second kappa shape index (κ2) is 5.54. The van der Waals surface area contributed by atoms with Crippen LogP contribution in [0, 0.1) is 20.2 Å². The molecular weight excluding hydrogens is 328 g/mol. The van der Waals surface area contributed by atoms with E-state index in [4.69, 9.17) is 0 Å². The zero-order chi connectivity index (χ0) is 17.7. The van der Waals surface area contributed by atoms with Gasteiger partial charge in [0.1, 0.15) is 5.82 Å². The fourth-order valence-corrected chi connectivity index (χ4v) is 4.02. The SMILES string of the molecule is O=c1c2cc([N+](=O)[O-])cc([N+](=O)[O-])c2c2c3n1CCCN3CCCC2. The molecule has 0 amide bonds. The van der Waals surface area contributed by atoms with Crippen LogP contribution < -0.4 is 10.5 Å². The minimum absolute atomic E-state index is 0.0726. The molecule has 0 unspecified atom stereocenters. The number of anilines is 1. The summed E-state index contributed by atoms with van der Waals surface area (Å²) in [7, 11) is 0. The number of hydrogen-bond donors (Lipinski definition) is 0. The number of pyridine rings is 1. The fourth-order valence-electron chi connectivity index (χ4n) is 4.02. The molecule has 9 nitrogen and oxygen atoms in total. The maximum atomic E-state index is 13.0. The molecule has 130 valence electrons. The molecule has 2 aliphatic heterocycles. The maximum Gasteiger partial charge on any atom is 0.284 e. The fraction of sp³-hybridized carbons (Fsp3) is 0.438. The van der Waals surface area contributed by atoms with Gasteiger partial charge in [-0.1, -0.05) is 0 Å². The average molecular weight is 344 g/mol. The molecule has 0 bridgehead atoms. The highest BCUT2D eigenvalue weighted by Crippen LogP contribution is 2.39. The van der Waals surface area contributed by atoms with Gasteiger partial charge in [-0.15, -0.1) is 0 Å². The topological polar surface area (TPSA) is 112 Å². The molecule has 0 atom stereocenters. The summed E-state index contributed by atoms with van der Waals surface area (Å²) >= 11 is 0. The van der Waals surface area contributed by atoms with Crippen molar-refractivity contribution in [2.75, 3.05) is 18.0 Å². The minimum atomic E-state index is -0.694. The van der Waals surface area contributed by atoms with Crippen LogP contribution >= 0.6 is 0 Å². The molecule has 0 aliphatic carbocycles. The number of aromatic nitrogens is 1. The minimum Gasteiger partial charge on any atom is -0.358 e. The highest BCUT2D eigenvalue weighted by Gasteiger charge is 2.31. The van der Waals surface area contributed by atoms with Crippen LogP contribution in [-0.4, -0.2) is 27.5 Å². The number of fused-ring (bicyclic) bond motifs is 2. The Labute approximate surface area is 141 Å². The first-order valence-corrected chi connectivity index (χ1v) is 8.26. The third-order valence-electron chi connectivity index (χ3n) is 5.03. The third-order valence-corrected chi connectivity index (χ3v) is 5.03. The molecule has 9 heteroatoms. The summed E-state index contributed by atoms with van der Waals surface area (Å²) in [5.41, 5.74) is -0.391. The molecule has 0 fully saturated rings. The molecule has 0 saturated carbocycles. The van der Waals surface area contributed by atoms with Gasteiger partial charge in [0.25, 0.3) is 16.9 Å². The summed E-state index contributed by atoms with van der Waals surface area (Å²) in [6.45, 7) is 2.17. The van der Waals surface area contributed by atoms with E-state index < -0.39 is 15.5 Å². The van der Waals surface area contributed by atoms with E-state index in [0.717, 1.165) is 49.8 Å². The molecule has 3 heterocycles. The van der Waals surface area contributed by atoms with Crippen molar-refractivity contribution in [2.24, 2.45) is 0 Å². The Balaban J connectivity index is 2.20. The molecule has 1 aromatic heterocycles. The zero-order valence-electron chi connectivity index (χ0n) is 13.4. The lowest BCUT2D eigenvalue weighted by Gasteiger charge is -2.33. The van der Waals surface area contributed by atoms with E-state index in [1.807, 2.05) is 0 Å². The number of hydrogen-bond acceptors (Lipinski definition) is 6. The van der Waals surface area contributed by atoms with Crippen molar-refractivity contribution in [3.63, 3.8) is 0 Å². The number of nitro groups is 2. The van der Waals surface area contributed by atoms with Crippen LogP contribution in [-0.2, 0) is 13.0 Å². The van der Waals surface area contributed by atoms with Crippen LogP contribution in [0.25, 0.3) is 10.8 Å². The van der Waals surface area contributed by atoms with Gasteiger partial charge in [-0.3, -0.25) is 29.6 Å². The monoisotopic (exact) mass is 344 g/mol. The summed E-state index contributed by atoms with van der Waals surface area (Å²) in [5, 5.41) is 23.1. The van der Waals surface area contributed by atoms with Gasteiger partial charge in [0.05, 0.1) is 26.7 Å². The molecule has 4 rings (SSSR count). The second-order valence-electron chi connectivity index (χ2n) is 6.46. The van der Waals surface area contributed by atoms with Crippen molar-refractivity contribution >= 4 is 28.0 Å². The number of benzene rings is 1. The van der Waals surface area contributed by atoms with E-state index >= 15 is 0 Å². The van der Waals surface area contributed by atoms with Crippen molar-refractivity contribution in [3.8, 4) is 0 Å². The average Bonchev–Trinajstić information content (AvgIpc) is 2.81. The first-order valence-electron chi connectivity index (χ1n) is 8.26. The molecule has 1 aromatic carbocycles. The number of rotatable bonds is 2. The molecule has 2 aromatic rings. The van der Waals surface area contributed by atoms with E-state index in [0.29, 0.717) is 13.0 Å². The van der Waals surface area contributed by atoms with Crippen LogP contribution in [0.2, 0.25) is 0 Å². The van der Waals surface area contributed by atoms with E-state index in [9.17, 15) is 25.0 Å². The lowest BCUT2D eigenvalue weighted by molar-refractivity contribution is -0.393. The Hall–Kier alpha value is -2.97. The van der Waals surface area contributed by atoms with Crippen LogP contribution in [0.3, 0.4) is 0 Å². The highest BCUT2D eigenvalue weighted by molar-refractivity contribution is 5.97. The molecule has 2 aliphatic rings. The largest absolute Gasteiger partial charge is 0.358 e. The lowest BCUT2D eigenvalue weighted by atomic mass is 9.99. The molecule has 0 radical (unpaired) electrons. The Morgan fingerprint density at radius 1 is 0.960 bits per heavy atom. The van der Waals surface area contributed by atoms with Crippen molar-refractivity contribution < 1.29 is 9.85 Å². The second-order valence-corrected chi connectivity index (χ2v) is 6.46. The number of nitrogens with zero attached hydrogens (tertiary/aromatic N) is 4. The number of nitro benzene ring substituents is 2. The van der Waals surface area contributed by atoms with Gasteiger partial charge in [-0.25, -0.2) is 0 Å². The van der Waals surface area contributed by atoms with Gasteiger partial charge in [0.2, 0.25) is 0 Å². The van der Waals surface area contributed by atoms with E-state index in [2.05, 4.69) is 4.90 Å².